The molecule has 2 heterocycles. The van der Waals surface area contributed by atoms with Gasteiger partial charge in [0.1, 0.15) is 23.9 Å². The number of nitrogens with one attached hydrogen (secondary N) is 1. The molecule has 0 fully saturated rings. The summed E-state index contributed by atoms with van der Waals surface area (Å²) in [6.07, 6.45) is 3.88. The Bertz CT molecular complexity index is 1080. The number of nitrogens with zero attached hydrogens (tertiary/aromatic N) is 3. The molecule has 0 radical (unpaired) electrons. The number of carbonyl (C=O) groups excluding carboxylic acids is 2. The molecule has 0 saturated heterocycles. The minimum Gasteiger partial charge on any atom is -0.467 e. The van der Waals surface area contributed by atoms with Crippen molar-refractivity contribution in [1.29, 1.82) is 0 Å². The molecule has 3 rings (SSSR count). The third-order valence-electron chi connectivity index (χ3n) is 5.25. The molecule has 3 aromatic rings. The first-order valence-corrected chi connectivity index (χ1v) is 10.8. The van der Waals surface area contributed by atoms with Crippen LogP contribution < -0.4 is 5.32 Å². The summed E-state index contributed by atoms with van der Waals surface area (Å²) in [4.78, 5) is 29.1. The predicted molar refractivity (Wildman–Crippen MR) is 122 cm³/mol. The van der Waals surface area contributed by atoms with E-state index in [2.05, 4.69) is 5.32 Å². The largest absolute Gasteiger partial charge is 0.467 e. The highest BCUT2D eigenvalue weighted by Crippen LogP contribution is 2.16. The Hall–Kier alpha value is -3.66. The molecule has 2 aromatic heterocycles. The zero-order valence-corrected chi connectivity index (χ0v) is 19.2. The Morgan fingerprint density at radius 3 is 2.59 bits per heavy atom. The van der Waals surface area contributed by atoms with E-state index in [0.29, 0.717) is 31.4 Å². The van der Waals surface area contributed by atoms with Crippen molar-refractivity contribution >= 4 is 17.6 Å². The van der Waals surface area contributed by atoms with Gasteiger partial charge < -0.3 is 28.8 Å². The fraction of sp³-hybridized carbons (Fsp3) is 0.333. The highest BCUT2D eigenvalue weighted by atomic mass is 19.1. The van der Waals surface area contributed by atoms with Crippen molar-refractivity contribution in [3.63, 3.8) is 0 Å². The zero-order chi connectivity index (χ0) is 24.5. The SMILES string of the molecule is COCCCN(CC(=O)N(Cc1ccco1)Cc1cccn1C)C(=O)Nc1ccc(F)cc1F. The summed E-state index contributed by atoms with van der Waals surface area (Å²) in [6.45, 7) is 0.860. The molecule has 8 nitrogen and oxygen atoms in total. The molecule has 0 aliphatic carbocycles. The molecule has 1 N–H and O–H groups in total. The number of benzene rings is 1. The van der Waals surface area contributed by atoms with Crippen LogP contribution in [0.4, 0.5) is 19.3 Å². The van der Waals surface area contributed by atoms with E-state index in [0.717, 1.165) is 17.8 Å². The molecular weight excluding hydrogens is 446 g/mol. The summed E-state index contributed by atoms with van der Waals surface area (Å²) >= 11 is 0. The van der Waals surface area contributed by atoms with Gasteiger partial charge in [-0.1, -0.05) is 0 Å². The number of amides is 3. The number of rotatable bonds is 11. The highest BCUT2D eigenvalue weighted by Gasteiger charge is 2.23. The zero-order valence-electron chi connectivity index (χ0n) is 19.2. The number of urea groups is 1. The Labute approximate surface area is 196 Å². The summed E-state index contributed by atoms with van der Waals surface area (Å²) in [7, 11) is 3.42. The smallest absolute Gasteiger partial charge is 0.322 e. The number of anilines is 1. The maximum atomic E-state index is 14.1. The molecule has 0 aliphatic rings. The molecule has 10 heteroatoms. The van der Waals surface area contributed by atoms with E-state index in [1.54, 1.807) is 17.0 Å². The lowest BCUT2D eigenvalue weighted by Gasteiger charge is -2.27. The van der Waals surface area contributed by atoms with Crippen molar-refractivity contribution in [2.75, 3.05) is 32.1 Å². The Morgan fingerprint density at radius 1 is 1.12 bits per heavy atom. The monoisotopic (exact) mass is 474 g/mol. The molecule has 0 spiro atoms. The van der Waals surface area contributed by atoms with Gasteiger partial charge in [0.25, 0.3) is 0 Å². The molecule has 0 aliphatic heterocycles. The lowest BCUT2D eigenvalue weighted by Crippen LogP contribution is -2.45. The number of aryl methyl sites for hydroxylation is 1. The predicted octanol–water partition coefficient (Wildman–Crippen LogP) is 4.00. The number of halogens is 2. The lowest BCUT2D eigenvalue weighted by atomic mass is 10.3. The topological polar surface area (TPSA) is 80.0 Å². The normalized spacial score (nSPS) is 10.8. The first-order chi connectivity index (χ1) is 16.4. The molecule has 0 saturated carbocycles. The summed E-state index contributed by atoms with van der Waals surface area (Å²) < 4.78 is 39.6. The number of hydrogen-bond donors (Lipinski definition) is 1. The van der Waals surface area contributed by atoms with Gasteiger partial charge in [-0.15, -0.1) is 0 Å². The molecule has 34 heavy (non-hydrogen) atoms. The lowest BCUT2D eigenvalue weighted by molar-refractivity contribution is -0.133. The maximum Gasteiger partial charge on any atom is 0.322 e. The van der Waals surface area contributed by atoms with E-state index in [9.17, 15) is 18.4 Å². The Morgan fingerprint density at radius 2 is 1.94 bits per heavy atom. The van der Waals surface area contributed by atoms with Gasteiger partial charge in [-0.25, -0.2) is 13.6 Å². The molecule has 0 atom stereocenters. The van der Waals surface area contributed by atoms with Gasteiger partial charge in [0.15, 0.2) is 0 Å². The van der Waals surface area contributed by atoms with Crippen molar-refractivity contribution in [3.05, 3.63) is 78.0 Å². The number of hydrogen-bond acceptors (Lipinski definition) is 4. The van der Waals surface area contributed by atoms with Gasteiger partial charge >= 0.3 is 6.03 Å². The Balaban J connectivity index is 1.76. The molecular formula is C24H28F2N4O4. The first-order valence-electron chi connectivity index (χ1n) is 10.8. The van der Waals surface area contributed by atoms with Crippen LogP contribution in [0.15, 0.2) is 59.3 Å². The maximum absolute atomic E-state index is 14.1. The number of furan rings is 1. The van der Waals surface area contributed by atoms with Gasteiger partial charge in [0.05, 0.1) is 25.0 Å². The average molecular weight is 475 g/mol. The fourth-order valence-corrected chi connectivity index (χ4v) is 3.38. The van der Waals surface area contributed by atoms with Crippen LogP contribution in [-0.4, -0.2) is 53.1 Å². The summed E-state index contributed by atoms with van der Waals surface area (Å²) in [6, 6.07) is 9.48. The highest BCUT2D eigenvalue weighted by molar-refractivity contribution is 5.92. The van der Waals surface area contributed by atoms with Gasteiger partial charge in [-0.3, -0.25) is 4.79 Å². The standard InChI is InChI=1S/C24H28F2N4O4/c1-28-10-3-6-19(28)15-30(16-20-7-4-13-34-20)23(31)17-29(11-5-12-33-2)24(32)27-22-9-8-18(25)14-21(22)26/h3-4,6-10,13-14H,5,11-12,15-17H2,1-2H3,(H,27,32). The second-order valence-electron chi connectivity index (χ2n) is 7.76. The van der Waals surface area contributed by atoms with Crippen LogP contribution >= 0.6 is 0 Å². The van der Waals surface area contributed by atoms with Gasteiger partial charge in [-0.05, 0) is 42.8 Å². The third-order valence-corrected chi connectivity index (χ3v) is 5.25. The van der Waals surface area contributed by atoms with E-state index in [1.165, 1.54) is 18.3 Å². The van der Waals surface area contributed by atoms with E-state index in [4.69, 9.17) is 9.15 Å². The summed E-state index contributed by atoms with van der Waals surface area (Å²) in [5.74, 6) is -1.37. The van der Waals surface area contributed by atoms with E-state index < -0.39 is 17.7 Å². The van der Waals surface area contributed by atoms with Gasteiger partial charge in [0.2, 0.25) is 5.91 Å². The molecule has 1 aromatic carbocycles. The third kappa shape index (κ3) is 6.92. The van der Waals surface area contributed by atoms with E-state index in [1.807, 2.05) is 29.9 Å². The van der Waals surface area contributed by atoms with Crippen LogP contribution in [0.3, 0.4) is 0 Å². The Kier molecular flexibility index (Phi) is 8.80. The summed E-state index contributed by atoms with van der Waals surface area (Å²) in [5.41, 5.74) is 0.732. The first kappa shape index (κ1) is 25.0. The summed E-state index contributed by atoms with van der Waals surface area (Å²) in [5, 5.41) is 2.42. The van der Waals surface area contributed by atoms with Crippen molar-refractivity contribution < 1.29 is 27.5 Å². The van der Waals surface area contributed by atoms with Crippen LogP contribution in [0.25, 0.3) is 0 Å². The quantitative estimate of drug-likeness (QED) is 0.426. The fourth-order valence-electron chi connectivity index (χ4n) is 3.38. The van der Waals surface area contributed by atoms with Gasteiger partial charge in [0, 0.05) is 45.3 Å². The van der Waals surface area contributed by atoms with Crippen LogP contribution in [0.5, 0.6) is 0 Å². The number of carbonyl (C=O) groups is 2. The van der Waals surface area contributed by atoms with Crippen LogP contribution in [-0.2, 0) is 29.7 Å². The molecule has 0 bridgehead atoms. The van der Waals surface area contributed by atoms with Crippen LogP contribution in [0.1, 0.15) is 17.9 Å². The number of ether oxygens (including phenoxy) is 1. The van der Waals surface area contributed by atoms with E-state index >= 15 is 0 Å². The average Bonchev–Trinajstić information content (AvgIpc) is 3.46. The van der Waals surface area contributed by atoms with Crippen LogP contribution in [0.2, 0.25) is 0 Å². The van der Waals surface area contributed by atoms with Crippen LogP contribution in [0, 0.1) is 11.6 Å². The number of methoxy groups -OCH3 is 1. The molecule has 3 amide bonds. The second-order valence-corrected chi connectivity index (χ2v) is 7.76. The van der Waals surface area contributed by atoms with E-state index in [-0.39, 0.29) is 31.2 Å². The minimum atomic E-state index is -0.903. The molecule has 182 valence electrons. The van der Waals surface area contributed by atoms with Gasteiger partial charge in [-0.2, -0.15) is 0 Å². The molecule has 0 unspecified atom stereocenters. The van der Waals surface area contributed by atoms with Crippen molar-refractivity contribution in [3.8, 4) is 0 Å². The second kappa shape index (κ2) is 12.0. The minimum absolute atomic E-state index is 0.174. The van der Waals surface area contributed by atoms with Crippen molar-refractivity contribution in [2.45, 2.75) is 19.5 Å². The number of aromatic nitrogens is 1. The van der Waals surface area contributed by atoms with Crippen molar-refractivity contribution in [2.24, 2.45) is 7.05 Å². The van der Waals surface area contributed by atoms with Crippen molar-refractivity contribution in [1.82, 2.24) is 14.4 Å².